The van der Waals surface area contributed by atoms with E-state index in [0.717, 1.165) is 144 Å². The Labute approximate surface area is 923 Å². The molecule has 6 nitrogen and oxygen atoms in total. The van der Waals surface area contributed by atoms with Gasteiger partial charge in [0.25, 0.3) is 0 Å². The third kappa shape index (κ3) is 38.3. The first-order chi connectivity index (χ1) is 73.7. The number of hydrogen-bond donors (Lipinski definition) is 0. The Kier molecular flexibility index (Phi) is 51.6. The Morgan fingerprint density at radius 2 is 0.273 bits per heavy atom. The van der Waals surface area contributed by atoms with E-state index in [1.165, 1.54) is 333 Å². The zero-order valence-electron chi connectivity index (χ0n) is 91.3. The van der Waals surface area contributed by atoms with Gasteiger partial charge in [0, 0.05) is 123 Å². The van der Waals surface area contributed by atoms with Gasteiger partial charge in [-0.1, -0.05) is 475 Å². The first kappa shape index (κ1) is 117. The van der Waals surface area contributed by atoms with E-state index in [2.05, 4.69) is 187 Å². The second kappa shape index (κ2) is 66.2. The fourth-order valence-corrected chi connectivity index (χ4v) is 27.1. The molecule has 12 heteroatoms. The van der Waals surface area contributed by atoms with Gasteiger partial charge in [0.05, 0.1) is 0 Å². The summed E-state index contributed by atoms with van der Waals surface area (Å²) in [5.41, 5.74) is 12.7. The molecule has 0 unspecified atom stereocenters. The number of fused-ring (bicyclic) bond motifs is 12. The highest BCUT2D eigenvalue weighted by Crippen LogP contribution is 2.39. The lowest BCUT2D eigenvalue weighted by atomic mass is 9.95. The number of ketones is 6. The number of hydrogen-bond acceptors (Lipinski definition) is 12. The molecule has 0 saturated heterocycles. The number of aryl methyl sites for hydroxylation is 6. The van der Waals surface area contributed by atoms with Crippen molar-refractivity contribution in [3.63, 3.8) is 0 Å². The Bertz CT molecular complexity index is 5690. The van der Waals surface area contributed by atoms with Crippen molar-refractivity contribution in [2.75, 3.05) is 0 Å². The maximum atomic E-state index is 16.2. The van der Waals surface area contributed by atoms with E-state index in [0.29, 0.717) is 95.0 Å². The smallest absolute Gasteiger partial charge is 0.194 e. The van der Waals surface area contributed by atoms with Gasteiger partial charge in [-0.2, -0.15) is 0 Å². The van der Waals surface area contributed by atoms with Gasteiger partial charge in [-0.3, -0.25) is 28.8 Å². The van der Waals surface area contributed by atoms with E-state index in [1.807, 2.05) is 109 Å². The minimum absolute atomic E-state index is 0.198. The number of carbonyl (C=O) groups is 6. The molecule has 13 aromatic rings. The minimum Gasteiger partial charge on any atom is -0.289 e. The summed E-state index contributed by atoms with van der Waals surface area (Å²) < 4.78 is 8.98. The fraction of sp³-hybridized carbons (Fsp3) is 0.435. The van der Waals surface area contributed by atoms with Crippen molar-refractivity contribution in [3.8, 4) is 0 Å². The van der Waals surface area contributed by atoms with Crippen molar-refractivity contribution in [2.45, 2.75) is 388 Å². The number of carbonyl (C=O) groups excluding carboxylic acids is 6. The molecule has 0 aliphatic carbocycles. The molecule has 1 heterocycles. The van der Waals surface area contributed by atoms with Crippen molar-refractivity contribution in [2.24, 2.45) is 0 Å². The molecule has 1 aromatic heterocycles. The van der Waals surface area contributed by atoms with Crippen LogP contribution in [0.15, 0.2) is 255 Å². The summed E-state index contributed by atoms with van der Waals surface area (Å²) in [6, 6.07) is 85.6. The van der Waals surface area contributed by atoms with Gasteiger partial charge in [-0.15, -0.1) is 68.0 Å². The molecule has 0 atom stereocenters. The predicted molar refractivity (Wildman–Crippen MR) is 655 cm³/mol. The standard InChI is InChI=1S/C138H168O6S6/c1-7-13-19-25-31-37-43-49-58-103-70-82-109(83-71-103)133(139)121-97-122(134(140)110-84-72-104(73-85-110)59-50-44-38-32-26-20-14-8-2)128-100-127(121)145-115-64-55-65-116(94-115)147-129-101-130(124(136(142)112-88-76-106(77-89-112)61-52-46-40-34-28-22-16-10-4)98-123(129)135(141)111-86-74-105(75-87-111)60-51-45-39-33-27-21-15-9-3)149-119-68-57-69-120(96-119)150-132-102-131(148-118-67-56-66-117(95-118)146-128)125(137(143)113-90-78-107(79-91-113)62-53-47-41-35-29-23-17-11-5)99-126(132)138(144)114-92-80-108(81-93-114)63-54-48-42-36-30-24-18-12-6/h55-57,64-102H,7-54,58-63H2,1-6H3. The zero-order valence-corrected chi connectivity index (χ0v) is 96.2. The Morgan fingerprint density at radius 1 is 0.147 bits per heavy atom. The number of benzene rings is 12. The Morgan fingerprint density at radius 3 is 0.407 bits per heavy atom. The Balaban J connectivity index is 1.05. The predicted octanol–water partition coefficient (Wildman–Crippen LogP) is 43.5. The van der Waals surface area contributed by atoms with Crippen molar-refractivity contribution in [1.29, 1.82) is 0 Å². The summed E-state index contributed by atoms with van der Waals surface area (Å²) in [4.78, 5) is 97.2. The van der Waals surface area contributed by atoms with E-state index in [-0.39, 0.29) is 34.7 Å². The largest absolute Gasteiger partial charge is 0.289 e. The summed E-state index contributed by atoms with van der Waals surface area (Å²) in [6.45, 7) is 13.6. The van der Waals surface area contributed by atoms with E-state index in [1.54, 1.807) is 0 Å². The van der Waals surface area contributed by atoms with Crippen molar-refractivity contribution >= 4 is 159 Å². The third-order valence-corrected chi connectivity index (χ3v) is 36.0. The molecule has 12 aromatic carbocycles. The first-order valence-electron chi connectivity index (χ1n) is 58.4. The average Bonchev–Trinajstić information content (AvgIpc) is 0.778. The summed E-state index contributed by atoms with van der Waals surface area (Å²) in [6.07, 6.45) is 64.3. The normalized spacial score (nSPS) is 11.4. The molecule has 0 aliphatic heterocycles. The molecule has 792 valence electrons. The maximum Gasteiger partial charge on any atom is 0.194 e. The van der Waals surface area contributed by atoms with E-state index < -0.39 is 0 Å². The van der Waals surface area contributed by atoms with Crippen LogP contribution in [0.5, 0.6) is 0 Å². The van der Waals surface area contributed by atoms with Crippen molar-refractivity contribution in [1.82, 2.24) is 0 Å². The lowest BCUT2D eigenvalue weighted by Crippen LogP contribution is -2.07. The highest BCUT2D eigenvalue weighted by molar-refractivity contribution is 7.28. The van der Waals surface area contributed by atoms with Gasteiger partial charge in [0.1, 0.15) is 0 Å². The highest BCUT2D eigenvalue weighted by atomic mass is 32.1. The average molecular weight is 2120 g/mol. The quantitative estimate of drug-likeness (QED) is 0.0278. The third-order valence-electron chi connectivity index (χ3n) is 29.7. The second-order valence-corrected chi connectivity index (χ2v) is 48.8. The fourth-order valence-electron chi connectivity index (χ4n) is 20.5. The SMILES string of the molecule is CCCCCCCCCCc1ccc(C(=O)c2cc(C(=O)c3ccc(CCCCCCCCCC)cc3)c3cc2sc2cccc(c2)sc2cc(sc4cccc(c4)sc4cc(sc5cccc(c5)s3)c(C(=O)c3ccc(CCCCCCCCCC)cc3)cc4C(=O)c3ccc(CCCCCCCCCC)cc3)c(C(=O)c3ccc(CCCCCCCCCC)cc3)cc2C(=O)c2ccc(CCCCCCCCCC)cc2)cc1. The molecule has 0 fully saturated rings. The van der Waals surface area contributed by atoms with Gasteiger partial charge >= 0.3 is 0 Å². The van der Waals surface area contributed by atoms with Gasteiger partial charge in [-0.05, 0) is 201 Å². The summed E-state index contributed by atoms with van der Waals surface area (Å²) in [5.74, 6) is -1.19. The van der Waals surface area contributed by atoms with E-state index in [4.69, 9.17) is 0 Å². The second-order valence-electron chi connectivity index (χ2n) is 42.1. The zero-order chi connectivity index (χ0) is 105. The van der Waals surface area contributed by atoms with Crippen LogP contribution in [0.1, 0.15) is 479 Å². The van der Waals surface area contributed by atoms with Crippen molar-refractivity contribution in [3.05, 3.63) is 355 Å². The molecule has 0 amide bonds. The molecule has 0 aliphatic rings. The topological polar surface area (TPSA) is 102 Å². The van der Waals surface area contributed by atoms with Crippen LogP contribution in [0.2, 0.25) is 0 Å². The molecule has 0 saturated carbocycles. The van der Waals surface area contributed by atoms with Crippen LogP contribution in [0.3, 0.4) is 0 Å². The van der Waals surface area contributed by atoms with Crippen LogP contribution in [0.4, 0.5) is 0 Å². The molecule has 12 bridgehead atoms. The van der Waals surface area contributed by atoms with Crippen LogP contribution in [-0.4, -0.2) is 34.7 Å². The molecule has 13 rings (SSSR count). The molecule has 0 spiro atoms. The van der Waals surface area contributed by atoms with E-state index >= 15 is 28.8 Å². The molecule has 0 N–H and O–H groups in total. The lowest BCUT2D eigenvalue weighted by Gasteiger charge is -2.11. The van der Waals surface area contributed by atoms with Gasteiger partial charge in [0.15, 0.2) is 34.7 Å². The lowest BCUT2D eigenvalue weighted by molar-refractivity contribution is 0.102. The van der Waals surface area contributed by atoms with Gasteiger partial charge in [-0.25, -0.2) is 0 Å². The summed E-state index contributed by atoms with van der Waals surface area (Å²) >= 11 is 8.87. The van der Waals surface area contributed by atoms with Crippen LogP contribution < -0.4 is 0 Å². The summed E-state index contributed by atoms with van der Waals surface area (Å²) in [5, 5.41) is 0. The van der Waals surface area contributed by atoms with Crippen molar-refractivity contribution < 1.29 is 28.8 Å². The van der Waals surface area contributed by atoms with Crippen LogP contribution >= 0.6 is 68.0 Å². The van der Waals surface area contributed by atoms with Gasteiger partial charge in [0.2, 0.25) is 0 Å². The number of rotatable bonds is 66. The van der Waals surface area contributed by atoms with Crippen LogP contribution in [0, 0.1) is 0 Å². The maximum absolute atomic E-state index is 16.2. The molecular formula is C138H168O6S6. The highest BCUT2D eigenvalue weighted by Gasteiger charge is 2.25. The van der Waals surface area contributed by atoms with Gasteiger partial charge < -0.3 is 0 Å². The molecule has 0 radical (unpaired) electrons. The first-order valence-corrected chi connectivity index (χ1v) is 63.3. The number of unbranched alkanes of at least 4 members (excludes halogenated alkanes) is 42. The van der Waals surface area contributed by atoms with E-state index in [9.17, 15) is 0 Å². The summed E-state index contributed by atoms with van der Waals surface area (Å²) in [7, 11) is 0. The van der Waals surface area contributed by atoms with Crippen LogP contribution in [0.25, 0.3) is 56.4 Å². The molecule has 150 heavy (non-hydrogen) atoms. The monoisotopic (exact) mass is 2110 g/mol. The Hall–Kier alpha value is -10.0. The van der Waals surface area contributed by atoms with Crippen LogP contribution in [-0.2, 0) is 38.5 Å². The minimum atomic E-state index is -0.198. The molecular weight excluding hydrogens is 1950 g/mol.